The van der Waals surface area contributed by atoms with Gasteiger partial charge < -0.3 is 13.9 Å². The van der Waals surface area contributed by atoms with Gasteiger partial charge in [0.2, 0.25) is 5.78 Å². The quantitative estimate of drug-likeness (QED) is 0.436. The summed E-state index contributed by atoms with van der Waals surface area (Å²) in [6.45, 7) is 1.70. The van der Waals surface area contributed by atoms with E-state index in [1.807, 2.05) is 6.07 Å². The van der Waals surface area contributed by atoms with Gasteiger partial charge in [-0.1, -0.05) is 29.0 Å². The van der Waals surface area contributed by atoms with Crippen LogP contribution in [0.15, 0.2) is 69.1 Å². The van der Waals surface area contributed by atoms with Crippen LogP contribution in [0.5, 0.6) is 0 Å². The number of para-hydroxylation sites is 1. The van der Waals surface area contributed by atoms with E-state index in [9.17, 15) is 14.7 Å². The lowest BCUT2D eigenvalue weighted by atomic mass is 9.97. The summed E-state index contributed by atoms with van der Waals surface area (Å²) in [5, 5.41) is 11.4. The van der Waals surface area contributed by atoms with Gasteiger partial charge in [0.15, 0.2) is 16.7 Å². The number of anilines is 1. The summed E-state index contributed by atoms with van der Waals surface area (Å²) in [7, 11) is 0. The SMILES string of the molecule is Cc1ccc(C(=O)C2=C(O)C(=O)N(c3nc4c(Cl)cccc4s3)C2c2ccoc2)o1. The number of aliphatic hydroxyl groups is 1. The van der Waals surface area contributed by atoms with E-state index in [0.29, 0.717) is 27.0 Å². The lowest BCUT2D eigenvalue weighted by Gasteiger charge is -2.22. The molecule has 0 fully saturated rings. The van der Waals surface area contributed by atoms with Crippen molar-refractivity contribution in [1.82, 2.24) is 4.98 Å². The number of carbonyl (C=O) groups is 2. The van der Waals surface area contributed by atoms with E-state index in [0.717, 1.165) is 4.70 Å². The topological polar surface area (TPSA) is 96.8 Å². The smallest absolute Gasteiger partial charge is 0.296 e. The molecule has 1 aliphatic rings. The number of aliphatic hydroxyl groups excluding tert-OH is 1. The molecule has 4 aromatic rings. The maximum atomic E-state index is 13.2. The Kier molecular flexibility index (Phi) is 4.27. The van der Waals surface area contributed by atoms with Crippen molar-refractivity contribution < 1.29 is 23.5 Å². The van der Waals surface area contributed by atoms with Crippen LogP contribution in [0.4, 0.5) is 5.13 Å². The molecule has 0 saturated carbocycles. The van der Waals surface area contributed by atoms with Crippen LogP contribution in [0.3, 0.4) is 0 Å². The van der Waals surface area contributed by atoms with Gasteiger partial charge in [-0.3, -0.25) is 14.5 Å². The Morgan fingerprint density at radius 1 is 1.27 bits per heavy atom. The number of carbonyl (C=O) groups excluding carboxylic acids is 2. The van der Waals surface area contributed by atoms with Crippen LogP contribution < -0.4 is 4.90 Å². The van der Waals surface area contributed by atoms with E-state index in [-0.39, 0.29) is 11.3 Å². The van der Waals surface area contributed by atoms with Gasteiger partial charge in [0.25, 0.3) is 5.91 Å². The molecule has 0 saturated heterocycles. The Bertz CT molecular complexity index is 1330. The normalized spacial score (nSPS) is 16.8. The zero-order chi connectivity index (χ0) is 21.0. The number of halogens is 1. The monoisotopic (exact) mass is 440 g/mol. The summed E-state index contributed by atoms with van der Waals surface area (Å²) < 4.78 is 11.4. The van der Waals surface area contributed by atoms with E-state index in [4.69, 9.17) is 20.4 Å². The van der Waals surface area contributed by atoms with E-state index in [2.05, 4.69) is 4.98 Å². The van der Waals surface area contributed by atoms with Gasteiger partial charge in [-0.05, 0) is 37.3 Å². The lowest BCUT2D eigenvalue weighted by Crippen LogP contribution is -2.30. The molecule has 1 aromatic carbocycles. The lowest BCUT2D eigenvalue weighted by molar-refractivity contribution is -0.117. The molecule has 1 unspecified atom stereocenters. The number of aryl methyl sites for hydroxylation is 1. The Hall–Kier alpha value is -3.36. The average molecular weight is 441 g/mol. The number of ketones is 1. The van der Waals surface area contributed by atoms with Crippen LogP contribution in [0.2, 0.25) is 5.02 Å². The predicted octanol–water partition coefficient (Wildman–Crippen LogP) is 5.23. The number of nitrogens with zero attached hydrogens (tertiary/aromatic N) is 2. The fourth-order valence-corrected chi connectivity index (χ4v) is 4.77. The largest absolute Gasteiger partial charge is 0.503 e. The van der Waals surface area contributed by atoms with Gasteiger partial charge in [0.05, 0.1) is 27.8 Å². The minimum Gasteiger partial charge on any atom is -0.503 e. The number of Topliss-reactive ketones (excluding diaryl/α,β-unsaturated/α-hetero) is 1. The van der Waals surface area contributed by atoms with Crippen molar-refractivity contribution in [1.29, 1.82) is 0 Å². The highest BCUT2D eigenvalue weighted by Gasteiger charge is 2.47. The average Bonchev–Trinajstić information content (AvgIpc) is 3.49. The highest BCUT2D eigenvalue weighted by atomic mass is 35.5. The molecule has 1 amide bonds. The molecule has 4 heterocycles. The highest BCUT2D eigenvalue weighted by Crippen LogP contribution is 2.44. The number of benzene rings is 1. The van der Waals surface area contributed by atoms with Crippen molar-refractivity contribution in [2.45, 2.75) is 13.0 Å². The third kappa shape index (κ3) is 2.76. The molecular formula is C21H13ClN2O5S. The molecule has 9 heteroatoms. The molecule has 30 heavy (non-hydrogen) atoms. The highest BCUT2D eigenvalue weighted by molar-refractivity contribution is 7.22. The zero-order valence-electron chi connectivity index (χ0n) is 15.5. The molecule has 0 radical (unpaired) electrons. The van der Waals surface area contributed by atoms with Gasteiger partial charge >= 0.3 is 0 Å². The first kappa shape index (κ1) is 18.7. The third-order valence-corrected chi connectivity index (χ3v) is 6.17. The maximum absolute atomic E-state index is 13.2. The van der Waals surface area contributed by atoms with Gasteiger partial charge in [0.1, 0.15) is 17.3 Å². The standard InChI is InChI=1S/C21H13ClN2O5S/c1-10-5-6-13(29-10)18(25)15-17(11-7-8-28-9-11)24(20(27)19(15)26)21-23-16-12(22)3-2-4-14(16)30-21/h2-9,17,26H,1H3. The van der Waals surface area contributed by atoms with Gasteiger partial charge in [0, 0.05) is 5.56 Å². The van der Waals surface area contributed by atoms with Crippen molar-refractivity contribution >= 4 is 50.0 Å². The van der Waals surface area contributed by atoms with Crippen molar-refractivity contribution in [3.05, 3.63) is 82.4 Å². The van der Waals surface area contributed by atoms with Crippen molar-refractivity contribution in [3.63, 3.8) is 0 Å². The zero-order valence-corrected chi connectivity index (χ0v) is 17.0. The van der Waals surface area contributed by atoms with Crippen LogP contribution in [0.25, 0.3) is 10.2 Å². The summed E-state index contributed by atoms with van der Waals surface area (Å²) in [5.74, 6) is -1.39. The molecule has 1 aliphatic heterocycles. The number of furan rings is 2. The van der Waals surface area contributed by atoms with Crippen LogP contribution in [0, 0.1) is 6.92 Å². The first-order valence-electron chi connectivity index (χ1n) is 8.90. The maximum Gasteiger partial charge on any atom is 0.296 e. The molecular weight excluding hydrogens is 428 g/mol. The summed E-state index contributed by atoms with van der Waals surface area (Å²) in [6.07, 6.45) is 2.85. The molecule has 0 bridgehead atoms. The minimum absolute atomic E-state index is 0.0320. The van der Waals surface area contributed by atoms with Gasteiger partial charge in [-0.2, -0.15) is 0 Å². The second-order valence-electron chi connectivity index (χ2n) is 6.72. The Labute approximate surface area is 178 Å². The van der Waals surface area contributed by atoms with Crippen LogP contribution in [-0.4, -0.2) is 21.8 Å². The number of amides is 1. The van der Waals surface area contributed by atoms with E-state index < -0.39 is 23.5 Å². The van der Waals surface area contributed by atoms with E-state index >= 15 is 0 Å². The second-order valence-corrected chi connectivity index (χ2v) is 8.14. The number of rotatable bonds is 4. The van der Waals surface area contributed by atoms with Crippen molar-refractivity contribution in [3.8, 4) is 0 Å². The summed E-state index contributed by atoms with van der Waals surface area (Å²) in [4.78, 5) is 32.0. The predicted molar refractivity (Wildman–Crippen MR) is 111 cm³/mol. The first-order valence-corrected chi connectivity index (χ1v) is 10.1. The fourth-order valence-electron chi connectivity index (χ4n) is 3.48. The summed E-state index contributed by atoms with van der Waals surface area (Å²) >= 11 is 7.47. The van der Waals surface area contributed by atoms with E-state index in [1.165, 1.54) is 34.8 Å². The number of fused-ring (bicyclic) bond motifs is 1. The number of hydrogen-bond donors (Lipinski definition) is 1. The molecule has 5 rings (SSSR count). The molecule has 7 nitrogen and oxygen atoms in total. The summed E-state index contributed by atoms with van der Waals surface area (Å²) in [6, 6.07) is 9.18. The van der Waals surface area contributed by atoms with Crippen LogP contribution in [0.1, 0.15) is 27.9 Å². The van der Waals surface area contributed by atoms with Gasteiger partial charge in [-0.25, -0.2) is 4.98 Å². The first-order chi connectivity index (χ1) is 14.5. The molecule has 1 N–H and O–H groups in total. The molecule has 3 aromatic heterocycles. The fraction of sp³-hybridized carbons (Fsp3) is 0.0952. The molecule has 150 valence electrons. The third-order valence-electron chi connectivity index (χ3n) is 4.84. The number of aromatic nitrogens is 1. The van der Waals surface area contributed by atoms with E-state index in [1.54, 1.807) is 31.2 Å². The second kappa shape index (κ2) is 6.86. The Balaban J connectivity index is 1.67. The van der Waals surface area contributed by atoms with Crippen LogP contribution >= 0.6 is 22.9 Å². The molecule has 0 aliphatic carbocycles. The minimum atomic E-state index is -0.923. The number of hydrogen-bond acceptors (Lipinski definition) is 7. The number of thiazole rings is 1. The van der Waals surface area contributed by atoms with Crippen LogP contribution in [-0.2, 0) is 4.79 Å². The van der Waals surface area contributed by atoms with Crippen molar-refractivity contribution in [2.24, 2.45) is 0 Å². The summed E-state index contributed by atoms with van der Waals surface area (Å²) in [5.41, 5.74) is 0.962. The van der Waals surface area contributed by atoms with Gasteiger partial charge in [-0.15, -0.1) is 0 Å². The Morgan fingerprint density at radius 2 is 2.10 bits per heavy atom. The molecule has 1 atom stereocenters. The van der Waals surface area contributed by atoms with Crippen molar-refractivity contribution in [2.75, 3.05) is 4.90 Å². The molecule has 0 spiro atoms. The Morgan fingerprint density at radius 3 is 2.77 bits per heavy atom.